The second-order valence-electron chi connectivity index (χ2n) is 4.13. The van der Waals surface area contributed by atoms with Crippen LogP contribution in [0, 0.1) is 5.92 Å². The summed E-state index contributed by atoms with van der Waals surface area (Å²) >= 11 is 0. The highest BCUT2D eigenvalue weighted by molar-refractivity contribution is 5.88. The smallest absolute Gasteiger partial charge is 0.335 e. The summed E-state index contributed by atoms with van der Waals surface area (Å²) in [4.78, 5) is 10.7. The average Bonchev–Trinajstić information content (AvgIpc) is 3.10. The molecule has 0 bridgehead atoms. The highest BCUT2D eigenvalue weighted by atomic mass is 16.4. The van der Waals surface area contributed by atoms with Gasteiger partial charge in [-0.2, -0.15) is 0 Å². The minimum absolute atomic E-state index is 0.302. The number of hydrogen-bond acceptors (Lipinski definition) is 2. The molecule has 3 nitrogen and oxygen atoms in total. The first-order valence-corrected chi connectivity index (χ1v) is 5.43. The van der Waals surface area contributed by atoms with Crippen LogP contribution in [0.2, 0.25) is 0 Å². The fraction of sp³-hybridized carbons (Fsp3) is 0.308. The Balaban J connectivity index is 2.03. The molecule has 2 rings (SSSR count). The summed E-state index contributed by atoms with van der Waals surface area (Å²) in [5, 5.41) is 12.1. The molecule has 3 heteroatoms. The SMILES string of the molecule is C=CC(Nc1ccc(C(=O)O)cc1)C1CC1. The molecule has 0 radical (unpaired) electrons. The topological polar surface area (TPSA) is 49.3 Å². The zero-order valence-corrected chi connectivity index (χ0v) is 9.02. The molecule has 1 atom stereocenters. The van der Waals surface area contributed by atoms with Crippen molar-refractivity contribution in [3.05, 3.63) is 42.5 Å². The molecular formula is C13H15NO2. The molecule has 0 amide bonds. The first-order chi connectivity index (χ1) is 7.70. The van der Waals surface area contributed by atoms with Gasteiger partial charge in [0.15, 0.2) is 0 Å². The number of carbonyl (C=O) groups is 1. The lowest BCUT2D eigenvalue weighted by atomic mass is 10.1. The second-order valence-corrected chi connectivity index (χ2v) is 4.13. The normalized spacial score (nSPS) is 16.5. The van der Waals surface area contributed by atoms with Crippen molar-refractivity contribution < 1.29 is 9.90 Å². The Kier molecular flexibility index (Phi) is 2.95. The van der Waals surface area contributed by atoms with E-state index >= 15 is 0 Å². The first-order valence-electron chi connectivity index (χ1n) is 5.43. The molecule has 84 valence electrons. The van der Waals surface area contributed by atoms with Crippen molar-refractivity contribution in [2.75, 3.05) is 5.32 Å². The molecule has 0 spiro atoms. The Morgan fingerprint density at radius 2 is 2.06 bits per heavy atom. The highest BCUT2D eigenvalue weighted by Gasteiger charge is 2.28. The van der Waals surface area contributed by atoms with E-state index in [9.17, 15) is 4.79 Å². The zero-order chi connectivity index (χ0) is 11.5. The van der Waals surface area contributed by atoms with Gasteiger partial charge in [0.25, 0.3) is 0 Å². The van der Waals surface area contributed by atoms with Crippen LogP contribution >= 0.6 is 0 Å². The van der Waals surface area contributed by atoms with Gasteiger partial charge in [-0.05, 0) is 43.0 Å². The van der Waals surface area contributed by atoms with Crippen LogP contribution in [0.15, 0.2) is 36.9 Å². The van der Waals surface area contributed by atoms with Crippen LogP contribution < -0.4 is 5.32 Å². The summed E-state index contributed by atoms with van der Waals surface area (Å²) in [6.07, 6.45) is 4.41. The van der Waals surface area contributed by atoms with Crippen molar-refractivity contribution in [2.24, 2.45) is 5.92 Å². The Hall–Kier alpha value is -1.77. The number of rotatable bonds is 5. The quantitative estimate of drug-likeness (QED) is 0.745. The van der Waals surface area contributed by atoms with Gasteiger partial charge in [-0.15, -0.1) is 6.58 Å². The Morgan fingerprint density at radius 1 is 1.44 bits per heavy atom. The van der Waals surface area contributed by atoms with E-state index in [1.54, 1.807) is 24.3 Å². The summed E-state index contributed by atoms with van der Waals surface area (Å²) < 4.78 is 0. The lowest BCUT2D eigenvalue weighted by molar-refractivity contribution is 0.0697. The van der Waals surface area contributed by atoms with Crippen molar-refractivity contribution in [3.8, 4) is 0 Å². The standard InChI is InChI=1S/C13H15NO2/c1-2-12(9-3-4-9)14-11-7-5-10(6-8-11)13(15)16/h2,5-9,12,14H,1,3-4H2,(H,15,16). The molecule has 1 aromatic carbocycles. The van der Waals surface area contributed by atoms with E-state index in [-0.39, 0.29) is 0 Å². The van der Waals surface area contributed by atoms with Gasteiger partial charge in [-0.1, -0.05) is 6.08 Å². The molecule has 0 heterocycles. The van der Waals surface area contributed by atoms with Crippen LogP contribution in [0.25, 0.3) is 0 Å². The minimum atomic E-state index is -0.894. The number of anilines is 1. The van der Waals surface area contributed by atoms with Crippen LogP contribution in [0.5, 0.6) is 0 Å². The van der Waals surface area contributed by atoms with Crippen molar-refractivity contribution in [1.29, 1.82) is 0 Å². The Bertz CT molecular complexity index is 393. The molecule has 2 N–H and O–H groups in total. The van der Waals surface area contributed by atoms with Gasteiger partial charge < -0.3 is 10.4 Å². The lowest BCUT2D eigenvalue weighted by Crippen LogP contribution is -2.18. The molecule has 0 aromatic heterocycles. The zero-order valence-electron chi connectivity index (χ0n) is 9.02. The molecule has 1 unspecified atom stereocenters. The summed E-state index contributed by atoms with van der Waals surface area (Å²) in [5.74, 6) is -0.203. The van der Waals surface area contributed by atoms with Gasteiger partial charge >= 0.3 is 5.97 Å². The van der Waals surface area contributed by atoms with Crippen LogP contribution in [0.3, 0.4) is 0 Å². The van der Waals surface area contributed by atoms with Gasteiger partial charge in [0.2, 0.25) is 0 Å². The summed E-state index contributed by atoms with van der Waals surface area (Å²) in [6, 6.07) is 7.11. The summed E-state index contributed by atoms with van der Waals surface area (Å²) in [7, 11) is 0. The fourth-order valence-corrected chi connectivity index (χ4v) is 1.73. The predicted molar refractivity (Wildman–Crippen MR) is 63.7 cm³/mol. The van der Waals surface area contributed by atoms with Gasteiger partial charge in [-0.25, -0.2) is 4.79 Å². The number of carboxylic acids is 1. The molecule has 1 aromatic rings. The first kappa shape index (κ1) is 10.7. The maximum absolute atomic E-state index is 10.7. The highest BCUT2D eigenvalue weighted by Crippen LogP contribution is 2.34. The number of benzene rings is 1. The van der Waals surface area contributed by atoms with E-state index in [1.807, 2.05) is 6.08 Å². The van der Waals surface area contributed by atoms with E-state index in [1.165, 1.54) is 12.8 Å². The fourth-order valence-electron chi connectivity index (χ4n) is 1.73. The lowest BCUT2D eigenvalue weighted by Gasteiger charge is -2.15. The van der Waals surface area contributed by atoms with E-state index in [2.05, 4.69) is 11.9 Å². The van der Waals surface area contributed by atoms with Crippen LogP contribution in [0.4, 0.5) is 5.69 Å². The minimum Gasteiger partial charge on any atom is -0.478 e. The Morgan fingerprint density at radius 3 is 2.50 bits per heavy atom. The number of hydrogen-bond donors (Lipinski definition) is 2. The van der Waals surface area contributed by atoms with Crippen LogP contribution in [-0.2, 0) is 0 Å². The number of nitrogens with one attached hydrogen (secondary N) is 1. The molecule has 1 aliphatic rings. The van der Waals surface area contributed by atoms with E-state index in [0.717, 1.165) is 5.69 Å². The monoisotopic (exact) mass is 217 g/mol. The molecule has 0 aliphatic heterocycles. The third-order valence-corrected chi connectivity index (χ3v) is 2.85. The maximum Gasteiger partial charge on any atom is 0.335 e. The summed E-state index contributed by atoms with van der Waals surface area (Å²) in [5.41, 5.74) is 1.26. The third-order valence-electron chi connectivity index (χ3n) is 2.85. The van der Waals surface area contributed by atoms with Gasteiger partial charge in [-0.3, -0.25) is 0 Å². The van der Waals surface area contributed by atoms with Crippen molar-refractivity contribution in [1.82, 2.24) is 0 Å². The van der Waals surface area contributed by atoms with Crippen molar-refractivity contribution in [2.45, 2.75) is 18.9 Å². The van der Waals surface area contributed by atoms with Gasteiger partial charge in [0.1, 0.15) is 0 Å². The van der Waals surface area contributed by atoms with E-state index in [0.29, 0.717) is 17.5 Å². The second kappa shape index (κ2) is 4.39. The molecular weight excluding hydrogens is 202 g/mol. The van der Waals surface area contributed by atoms with Crippen LogP contribution in [-0.4, -0.2) is 17.1 Å². The molecule has 16 heavy (non-hydrogen) atoms. The Labute approximate surface area is 94.8 Å². The van der Waals surface area contributed by atoms with Crippen molar-refractivity contribution >= 4 is 11.7 Å². The molecule has 1 fully saturated rings. The average molecular weight is 217 g/mol. The third kappa shape index (κ3) is 2.42. The maximum atomic E-state index is 10.7. The van der Waals surface area contributed by atoms with E-state index in [4.69, 9.17) is 5.11 Å². The molecule has 0 saturated heterocycles. The molecule has 1 aliphatic carbocycles. The van der Waals surface area contributed by atoms with Crippen LogP contribution in [0.1, 0.15) is 23.2 Å². The van der Waals surface area contributed by atoms with Gasteiger partial charge in [0.05, 0.1) is 5.56 Å². The summed E-state index contributed by atoms with van der Waals surface area (Å²) in [6.45, 7) is 3.81. The number of carboxylic acid groups (broad SMARTS) is 1. The molecule has 1 saturated carbocycles. The predicted octanol–water partition coefficient (Wildman–Crippen LogP) is 2.76. The number of aromatic carboxylic acids is 1. The van der Waals surface area contributed by atoms with E-state index < -0.39 is 5.97 Å². The van der Waals surface area contributed by atoms with Gasteiger partial charge in [0, 0.05) is 11.7 Å². The van der Waals surface area contributed by atoms with Crippen molar-refractivity contribution in [3.63, 3.8) is 0 Å². The largest absolute Gasteiger partial charge is 0.478 e.